The summed E-state index contributed by atoms with van der Waals surface area (Å²) in [6, 6.07) is 67.9. The minimum atomic E-state index is -0.0768. The third kappa shape index (κ3) is 6.59. The van der Waals surface area contributed by atoms with Crippen LogP contribution in [0.3, 0.4) is 0 Å². The molecule has 2 unspecified atom stereocenters. The quantitative estimate of drug-likeness (QED) is 0.168. The highest BCUT2D eigenvalue weighted by atomic mass is 15.1. The van der Waals surface area contributed by atoms with Gasteiger partial charge in [0.2, 0.25) is 0 Å². The third-order valence-electron chi connectivity index (χ3n) is 12.9. The van der Waals surface area contributed by atoms with Gasteiger partial charge in [-0.15, -0.1) is 0 Å². The van der Waals surface area contributed by atoms with Gasteiger partial charge in [0.25, 0.3) is 0 Å². The first kappa shape index (κ1) is 36.9. The molecule has 3 heterocycles. The zero-order valence-corrected chi connectivity index (χ0v) is 34.7. The lowest BCUT2D eigenvalue weighted by molar-refractivity contribution is 0.781. The van der Waals surface area contributed by atoms with Crippen molar-refractivity contribution in [2.45, 2.75) is 24.9 Å². The summed E-state index contributed by atoms with van der Waals surface area (Å²) in [5, 5.41) is 12.8. The standard InChI is InChI=1S/C59H44N4/c1-4-18-39(19-5-1)51-37-52(40-20-6-2-7-21-40)60-55-36-50(46-28-10-11-31-49(46)58(51)55)42-24-16-25-43(34-42)54-38-53(41-22-8-3-9-23-41)61-59(62-54)44-26-17-27-45(35-44)63-56-32-14-12-29-47(56)48-30-13-15-33-57(48)63/h1-6,8-20,22-38,52-53,60H,7,21H2,(H,61,62). The predicted octanol–water partition coefficient (Wildman–Crippen LogP) is 14.2. The molecule has 0 bridgehead atoms. The number of para-hydroxylation sites is 2. The number of allylic oxidation sites excluding steroid dienone is 3. The first-order chi connectivity index (χ1) is 31.2. The third-order valence-corrected chi connectivity index (χ3v) is 12.9. The van der Waals surface area contributed by atoms with Gasteiger partial charge < -0.3 is 15.2 Å². The summed E-state index contributed by atoms with van der Waals surface area (Å²) in [5.74, 6) is 0.843. The van der Waals surface area contributed by atoms with Crippen molar-refractivity contribution in [2.24, 2.45) is 4.99 Å². The molecule has 63 heavy (non-hydrogen) atoms. The molecule has 1 aliphatic carbocycles. The van der Waals surface area contributed by atoms with Gasteiger partial charge >= 0.3 is 0 Å². The fourth-order valence-corrected chi connectivity index (χ4v) is 9.94. The number of hydrogen-bond donors (Lipinski definition) is 2. The summed E-state index contributed by atoms with van der Waals surface area (Å²) in [7, 11) is 0. The van der Waals surface area contributed by atoms with Gasteiger partial charge in [0.1, 0.15) is 5.84 Å². The van der Waals surface area contributed by atoms with Gasteiger partial charge in [-0.3, -0.25) is 0 Å². The van der Waals surface area contributed by atoms with Crippen LogP contribution in [0.25, 0.3) is 60.7 Å². The van der Waals surface area contributed by atoms with Crippen molar-refractivity contribution < 1.29 is 0 Å². The Balaban J connectivity index is 0.982. The number of amidine groups is 1. The van der Waals surface area contributed by atoms with Gasteiger partial charge in [-0.25, -0.2) is 4.99 Å². The van der Waals surface area contributed by atoms with Gasteiger partial charge in [0.15, 0.2) is 0 Å². The number of fused-ring (bicyclic) bond motifs is 6. The van der Waals surface area contributed by atoms with E-state index < -0.39 is 0 Å². The Hall–Kier alpha value is -7.95. The van der Waals surface area contributed by atoms with Crippen molar-refractivity contribution in [3.8, 4) is 16.8 Å². The molecule has 0 amide bonds. The number of rotatable bonds is 7. The maximum atomic E-state index is 5.44. The van der Waals surface area contributed by atoms with Crippen LogP contribution < -0.4 is 10.6 Å². The van der Waals surface area contributed by atoms with Crippen LogP contribution in [0, 0.1) is 0 Å². The van der Waals surface area contributed by atoms with Gasteiger partial charge in [0, 0.05) is 38.8 Å². The average Bonchev–Trinajstić information content (AvgIpc) is 3.71. The Bertz CT molecular complexity index is 3350. The molecule has 0 radical (unpaired) electrons. The van der Waals surface area contributed by atoms with Crippen LogP contribution in [0.4, 0.5) is 5.69 Å². The molecule has 300 valence electrons. The van der Waals surface area contributed by atoms with Crippen LogP contribution in [0.15, 0.2) is 229 Å². The minimum absolute atomic E-state index is 0.0768. The largest absolute Gasteiger partial charge is 0.374 e. The smallest absolute Gasteiger partial charge is 0.134 e. The normalized spacial score (nSPS) is 17.0. The SMILES string of the molecule is C1=CCCC(C2C=C(c3ccccc3)c3c(cc(-c4cccc(C5=CC(c6ccccc6)NC(c6cccc(-n7c8ccccc8c8ccccc87)c6)=N5)c4)c4ccccc34)N2)=C1. The van der Waals surface area contributed by atoms with E-state index in [-0.39, 0.29) is 12.1 Å². The molecule has 0 saturated carbocycles. The lowest BCUT2D eigenvalue weighted by Gasteiger charge is -2.31. The molecule has 4 nitrogen and oxygen atoms in total. The number of hydrogen-bond acceptors (Lipinski definition) is 3. The maximum Gasteiger partial charge on any atom is 0.134 e. The molecule has 0 fully saturated rings. The van der Waals surface area contributed by atoms with Crippen molar-refractivity contribution in [2.75, 3.05) is 5.32 Å². The summed E-state index contributed by atoms with van der Waals surface area (Å²) < 4.78 is 2.37. The lowest BCUT2D eigenvalue weighted by atomic mass is 9.83. The summed E-state index contributed by atoms with van der Waals surface area (Å²) in [5.41, 5.74) is 16.4. The summed E-state index contributed by atoms with van der Waals surface area (Å²) >= 11 is 0. The van der Waals surface area contributed by atoms with Crippen LogP contribution in [-0.4, -0.2) is 16.4 Å². The highest BCUT2D eigenvalue weighted by molar-refractivity contribution is 6.11. The van der Waals surface area contributed by atoms with E-state index in [9.17, 15) is 0 Å². The highest BCUT2D eigenvalue weighted by Gasteiger charge is 2.27. The number of aliphatic imine (C=N–C) groups is 1. The van der Waals surface area contributed by atoms with E-state index in [2.05, 4.69) is 234 Å². The van der Waals surface area contributed by atoms with Gasteiger partial charge in [0.05, 0.1) is 28.8 Å². The maximum absolute atomic E-state index is 5.44. The topological polar surface area (TPSA) is 41.4 Å². The van der Waals surface area contributed by atoms with Crippen molar-refractivity contribution in [3.63, 3.8) is 0 Å². The Morgan fingerprint density at radius 1 is 0.508 bits per heavy atom. The second-order valence-electron chi connectivity index (χ2n) is 16.7. The molecule has 12 rings (SSSR count). The number of nitrogens with one attached hydrogen (secondary N) is 2. The fraction of sp³-hybridized carbons (Fsp3) is 0.0678. The van der Waals surface area contributed by atoms with Crippen molar-refractivity contribution in [3.05, 3.63) is 252 Å². The average molecular weight is 809 g/mol. The highest BCUT2D eigenvalue weighted by Crippen LogP contribution is 2.45. The molecule has 2 atom stereocenters. The summed E-state index contributed by atoms with van der Waals surface area (Å²) in [6.45, 7) is 0. The number of aromatic nitrogens is 1. The minimum Gasteiger partial charge on any atom is -0.374 e. The van der Waals surface area contributed by atoms with E-state index in [0.717, 1.165) is 52.4 Å². The molecule has 9 aromatic rings. The Morgan fingerprint density at radius 3 is 1.92 bits per heavy atom. The predicted molar refractivity (Wildman–Crippen MR) is 264 cm³/mol. The van der Waals surface area contributed by atoms with E-state index in [1.807, 2.05) is 0 Å². The monoisotopic (exact) mass is 808 g/mol. The second kappa shape index (κ2) is 15.5. The van der Waals surface area contributed by atoms with Gasteiger partial charge in [-0.05, 0) is 106 Å². The van der Waals surface area contributed by atoms with Crippen molar-refractivity contribution in [1.29, 1.82) is 0 Å². The van der Waals surface area contributed by atoms with Crippen molar-refractivity contribution >= 4 is 55.4 Å². The number of nitrogens with zero attached hydrogens (tertiary/aromatic N) is 2. The van der Waals surface area contributed by atoms with Crippen LogP contribution in [0.2, 0.25) is 0 Å². The Labute approximate surface area is 367 Å². The van der Waals surface area contributed by atoms with Crippen LogP contribution in [0.5, 0.6) is 0 Å². The zero-order valence-electron chi connectivity index (χ0n) is 34.7. The van der Waals surface area contributed by atoms with Crippen molar-refractivity contribution in [1.82, 2.24) is 9.88 Å². The molecule has 1 aromatic heterocycles. The van der Waals surface area contributed by atoms with E-state index in [1.54, 1.807) is 0 Å². The van der Waals surface area contributed by atoms with Crippen LogP contribution >= 0.6 is 0 Å². The van der Waals surface area contributed by atoms with Crippen LogP contribution in [0.1, 0.15) is 46.7 Å². The summed E-state index contributed by atoms with van der Waals surface area (Å²) in [4.78, 5) is 5.44. The van der Waals surface area contributed by atoms with Gasteiger partial charge in [-0.1, -0.05) is 170 Å². The zero-order chi connectivity index (χ0) is 41.7. The van der Waals surface area contributed by atoms with Crippen LogP contribution in [-0.2, 0) is 0 Å². The molecule has 8 aromatic carbocycles. The first-order valence-electron chi connectivity index (χ1n) is 22.0. The molecule has 2 N–H and O–H groups in total. The Kier molecular flexibility index (Phi) is 9.07. The second-order valence-corrected chi connectivity index (χ2v) is 16.7. The fourth-order valence-electron chi connectivity index (χ4n) is 9.94. The lowest BCUT2D eigenvalue weighted by Crippen LogP contribution is -2.31. The van der Waals surface area contributed by atoms with E-state index in [0.29, 0.717) is 0 Å². The summed E-state index contributed by atoms with van der Waals surface area (Å²) in [6.07, 6.45) is 13.6. The Morgan fingerprint density at radius 2 is 1.16 bits per heavy atom. The molecule has 3 aliphatic rings. The number of benzene rings is 8. The number of anilines is 1. The van der Waals surface area contributed by atoms with E-state index in [4.69, 9.17) is 4.99 Å². The van der Waals surface area contributed by atoms with E-state index in [1.165, 1.54) is 66.0 Å². The molecule has 0 saturated heterocycles. The van der Waals surface area contributed by atoms with E-state index >= 15 is 0 Å². The van der Waals surface area contributed by atoms with Gasteiger partial charge in [-0.2, -0.15) is 0 Å². The molecular weight excluding hydrogens is 765 g/mol. The molecule has 2 aliphatic heterocycles. The molecular formula is C59H44N4. The molecule has 0 spiro atoms. The first-order valence-corrected chi connectivity index (χ1v) is 22.0. The molecule has 4 heteroatoms.